The first-order valence-electron chi connectivity index (χ1n) is 6.65. The van der Waals surface area contributed by atoms with E-state index in [0.717, 1.165) is 40.9 Å². The van der Waals surface area contributed by atoms with Gasteiger partial charge in [0.1, 0.15) is 28.0 Å². The minimum absolute atomic E-state index is 0.550. The molecule has 0 saturated heterocycles. The Bertz CT molecular complexity index is 703. The molecule has 0 spiro atoms. The van der Waals surface area contributed by atoms with Crippen LogP contribution in [-0.2, 0) is 6.54 Å². The van der Waals surface area contributed by atoms with E-state index in [1.807, 2.05) is 13.1 Å². The van der Waals surface area contributed by atoms with Crippen molar-refractivity contribution in [1.82, 2.24) is 14.9 Å². The molecule has 0 aromatic carbocycles. The molecular formula is C14H19N5. The molecule has 1 aromatic heterocycles. The summed E-state index contributed by atoms with van der Waals surface area (Å²) in [6.07, 6.45) is 4.87. The average Bonchev–Trinajstić information content (AvgIpc) is 2.68. The van der Waals surface area contributed by atoms with Crippen LogP contribution in [0.1, 0.15) is 26.1 Å². The van der Waals surface area contributed by atoms with Crippen LogP contribution in [0.2, 0.25) is 0 Å². The summed E-state index contributed by atoms with van der Waals surface area (Å²) in [5.74, 6) is 2.15. The molecule has 0 atom stereocenters. The van der Waals surface area contributed by atoms with Crippen molar-refractivity contribution < 1.29 is 0 Å². The molecular weight excluding hydrogens is 238 g/mol. The Balaban J connectivity index is 2.38. The van der Waals surface area contributed by atoms with Crippen LogP contribution >= 0.6 is 0 Å². The Hall–Kier alpha value is -2.04. The molecule has 0 saturated carbocycles. The summed E-state index contributed by atoms with van der Waals surface area (Å²) in [6.45, 7) is 7.34. The van der Waals surface area contributed by atoms with E-state index in [9.17, 15) is 0 Å². The van der Waals surface area contributed by atoms with Crippen LogP contribution in [0.25, 0.3) is 11.5 Å². The smallest absolute Gasteiger partial charge is 0.131 e. The highest BCUT2D eigenvalue weighted by Gasteiger charge is 2.20. The molecule has 100 valence electrons. The van der Waals surface area contributed by atoms with E-state index in [1.54, 1.807) is 0 Å². The van der Waals surface area contributed by atoms with Gasteiger partial charge in [0.15, 0.2) is 0 Å². The van der Waals surface area contributed by atoms with Gasteiger partial charge in [-0.1, -0.05) is 19.9 Å². The van der Waals surface area contributed by atoms with Gasteiger partial charge in [0.2, 0.25) is 0 Å². The maximum atomic E-state index is 6.09. The van der Waals surface area contributed by atoms with Gasteiger partial charge in [-0.15, -0.1) is 0 Å². The summed E-state index contributed by atoms with van der Waals surface area (Å²) in [6, 6.07) is 0. The van der Waals surface area contributed by atoms with E-state index in [4.69, 9.17) is 5.73 Å². The highest BCUT2D eigenvalue weighted by Crippen LogP contribution is 2.16. The Labute approximate surface area is 112 Å². The summed E-state index contributed by atoms with van der Waals surface area (Å²) >= 11 is 0. The molecule has 2 aliphatic rings. The van der Waals surface area contributed by atoms with Gasteiger partial charge < -0.3 is 15.6 Å². The van der Waals surface area contributed by atoms with E-state index in [0.29, 0.717) is 11.7 Å². The van der Waals surface area contributed by atoms with Crippen molar-refractivity contribution >= 4 is 17.7 Å². The fraction of sp³-hybridized carbons (Fsp3) is 0.429. The highest BCUT2D eigenvalue weighted by atomic mass is 15.1. The Morgan fingerprint density at radius 3 is 3.00 bits per heavy atom. The van der Waals surface area contributed by atoms with Crippen LogP contribution in [0.4, 0.5) is 0 Å². The van der Waals surface area contributed by atoms with Gasteiger partial charge in [-0.2, -0.15) is 0 Å². The second-order valence-corrected chi connectivity index (χ2v) is 5.41. The third-order valence-electron chi connectivity index (χ3n) is 3.36. The topological polar surface area (TPSA) is 68.2 Å². The maximum Gasteiger partial charge on any atom is 0.131 e. The summed E-state index contributed by atoms with van der Waals surface area (Å²) in [5.41, 5.74) is 8.04. The minimum atomic E-state index is 0.550. The fourth-order valence-electron chi connectivity index (χ4n) is 2.57. The van der Waals surface area contributed by atoms with Crippen molar-refractivity contribution in [3.8, 4) is 0 Å². The van der Waals surface area contributed by atoms with Crippen LogP contribution in [0.5, 0.6) is 0 Å². The van der Waals surface area contributed by atoms with Gasteiger partial charge in [-0.25, -0.2) is 4.98 Å². The van der Waals surface area contributed by atoms with Crippen LogP contribution in [0.3, 0.4) is 0 Å². The van der Waals surface area contributed by atoms with Gasteiger partial charge in [0, 0.05) is 19.2 Å². The molecule has 19 heavy (non-hydrogen) atoms. The van der Waals surface area contributed by atoms with Crippen LogP contribution in [0.15, 0.2) is 16.8 Å². The molecule has 5 heteroatoms. The van der Waals surface area contributed by atoms with Gasteiger partial charge >= 0.3 is 0 Å². The molecule has 3 heterocycles. The van der Waals surface area contributed by atoms with Crippen molar-refractivity contribution in [1.29, 1.82) is 0 Å². The molecule has 5 nitrogen and oxygen atoms in total. The normalized spacial score (nSPS) is 17.2. The van der Waals surface area contributed by atoms with Crippen LogP contribution in [-0.4, -0.2) is 15.8 Å². The molecule has 2 aliphatic heterocycles. The van der Waals surface area contributed by atoms with Gasteiger partial charge in [-0.3, -0.25) is 4.99 Å². The van der Waals surface area contributed by atoms with Gasteiger partial charge in [0.25, 0.3) is 0 Å². The lowest BCUT2D eigenvalue weighted by molar-refractivity contribution is 0.504. The number of nitrogens with zero attached hydrogens (tertiary/aromatic N) is 3. The van der Waals surface area contributed by atoms with Crippen molar-refractivity contribution in [2.75, 3.05) is 0 Å². The molecule has 0 amide bonds. The lowest BCUT2D eigenvalue weighted by Crippen LogP contribution is -2.45. The number of fused-ring (bicyclic) bond motifs is 2. The quantitative estimate of drug-likeness (QED) is 0.780. The first-order valence-corrected chi connectivity index (χ1v) is 6.65. The molecule has 0 unspecified atom stereocenters. The molecule has 3 N–H and O–H groups in total. The zero-order chi connectivity index (χ0) is 13.6. The summed E-state index contributed by atoms with van der Waals surface area (Å²) < 4.78 is 2.22. The largest absolute Gasteiger partial charge is 0.383 e. The first kappa shape index (κ1) is 12.0. The number of nitrogens with one attached hydrogen (secondary N) is 1. The van der Waals surface area contributed by atoms with E-state index in [2.05, 4.69) is 39.8 Å². The van der Waals surface area contributed by atoms with E-state index >= 15 is 0 Å². The number of imidazole rings is 1. The Kier molecular flexibility index (Phi) is 2.69. The lowest BCUT2D eigenvalue weighted by Gasteiger charge is -2.19. The second-order valence-electron chi connectivity index (χ2n) is 5.41. The van der Waals surface area contributed by atoms with E-state index < -0.39 is 0 Å². The van der Waals surface area contributed by atoms with Gasteiger partial charge in [0.05, 0.1) is 5.70 Å². The predicted molar refractivity (Wildman–Crippen MR) is 76.4 cm³/mol. The molecule has 1 aromatic rings. The Morgan fingerprint density at radius 2 is 2.26 bits per heavy atom. The first-order chi connectivity index (χ1) is 9.08. The molecule has 0 aliphatic carbocycles. The third-order valence-corrected chi connectivity index (χ3v) is 3.36. The molecule has 0 radical (unpaired) electrons. The predicted octanol–water partition coefficient (Wildman–Crippen LogP) is -0.0583. The van der Waals surface area contributed by atoms with Crippen molar-refractivity contribution in [3.63, 3.8) is 0 Å². The van der Waals surface area contributed by atoms with Crippen molar-refractivity contribution in [3.05, 3.63) is 28.3 Å². The Morgan fingerprint density at radius 1 is 1.47 bits per heavy atom. The summed E-state index contributed by atoms with van der Waals surface area (Å²) in [5, 5.41) is 5.07. The zero-order valence-electron chi connectivity index (χ0n) is 11.6. The third kappa shape index (κ3) is 1.85. The SMILES string of the molecule is Cc1nc2c(n1CC(C)C)=C1N=CCC=C1NC=2N. The standard InChI is InChI=1S/C14H19N5/c1-8(2)7-19-9(3)17-12-13(19)11-10(18-14(12)15)5-4-6-16-11/h5-6,8,18H,4,7,15H2,1-3H3. The van der Waals surface area contributed by atoms with Crippen LogP contribution < -0.4 is 21.7 Å². The molecule has 3 rings (SSSR count). The monoisotopic (exact) mass is 257 g/mol. The summed E-state index contributed by atoms with van der Waals surface area (Å²) in [7, 11) is 0. The van der Waals surface area contributed by atoms with Crippen molar-refractivity contribution in [2.45, 2.75) is 33.7 Å². The highest BCUT2D eigenvalue weighted by molar-refractivity contribution is 5.79. The number of aliphatic imine (C=N–C) groups is 1. The van der Waals surface area contributed by atoms with E-state index in [-0.39, 0.29) is 0 Å². The summed E-state index contributed by atoms with van der Waals surface area (Å²) in [4.78, 5) is 9.13. The van der Waals surface area contributed by atoms with Crippen molar-refractivity contribution in [2.24, 2.45) is 16.6 Å². The molecule has 0 fully saturated rings. The van der Waals surface area contributed by atoms with E-state index in [1.165, 1.54) is 0 Å². The number of aryl methyl sites for hydroxylation is 1. The minimum Gasteiger partial charge on any atom is -0.383 e. The number of hydrogen-bond donors (Lipinski definition) is 2. The number of hydrogen-bond acceptors (Lipinski definition) is 4. The number of rotatable bonds is 2. The van der Waals surface area contributed by atoms with Gasteiger partial charge in [-0.05, 0) is 12.8 Å². The molecule has 0 bridgehead atoms. The lowest BCUT2D eigenvalue weighted by atomic mass is 10.1. The van der Waals surface area contributed by atoms with Crippen LogP contribution in [0, 0.1) is 12.8 Å². The second kappa shape index (κ2) is 4.26. The fourth-order valence-corrected chi connectivity index (χ4v) is 2.57. The number of allylic oxidation sites excluding steroid dienone is 1. The number of nitrogens with two attached hydrogens (primary N) is 1. The zero-order valence-corrected chi connectivity index (χ0v) is 11.6. The number of dihydropyridines is 1. The number of aromatic nitrogens is 2. The maximum absolute atomic E-state index is 6.09. The average molecular weight is 257 g/mol.